The third-order valence-corrected chi connectivity index (χ3v) is 1.85. The molecule has 14 heavy (non-hydrogen) atoms. The largest absolute Gasteiger partial charge is 0.0991 e. The fraction of sp³-hybridized carbons (Fsp3) is 0. The van der Waals surface area contributed by atoms with Gasteiger partial charge in [-0.3, -0.25) is 0 Å². The summed E-state index contributed by atoms with van der Waals surface area (Å²) in [6.07, 6.45) is 9.47. The Morgan fingerprint density at radius 3 is 2.29 bits per heavy atom. The summed E-state index contributed by atoms with van der Waals surface area (Å²) in [5.41, 5.74) is 2.29. The predicted molar refractivity (Wildman–Crippen MR) is 64.0 cm³/mol. The summed E-state index contributed by atoms with van der Waals surface area (Å²) in [5, 5.41) is 0. The van der Waals surface area contributed by atoms with Crippen molar-refractivity contribution in [3.05, 3.63) is 79.4 Å². The quantitative estimate of drug-likeness (QED) is 0.617. The fourth-order valence-corrected chi connectivity index (χ4v) is 1.15. The van der Waals surface area contributed by atoms with Crippen LogP contribution in [0.3, 0.4) is 0 Å². The summed E-state index contributed by atoms with van der Waals surface area (Å²) in [5.74, 6) is 0. The highest BCUT2D eigenvalue weighted by Crippen LogP contribution is 2.14. The molecule has 1 aromatic rings. The minimum atomic E-state index is 1.11. The Hall–Kier alpha value is -1.82. The minimum absolute atomic E-state index is 1.11. The van der Waals surface area contributed by atoms with Gasteiger partial charge in [-0.2, -0.15) is 0 Å². The van der Waals surface area contributed by atoms with E-state index in [4.69, 9.17) is 0 Å². The highest BCUT2D eigenvalue weighted by Gasteiger charge is 1.92. The van der Waals surface area contributed by atoms with Crippen molar-refractivity contribution in [3.8, 4) is 0 Å². The van der Waals surface area contributed by atoms with Gasteiger partial charge in [0.25, 0.3) is 0 Å². The first-order chi connectivity index (χ1) is 6.88. The smallest absolute Gasteiger partial charge is 0.0184 e. The average molecular weight is 182 g/mol. The number of hydrogen-bond acceptors (Lipinski definition) is 0. The summed E-state index contributed by atoms with van der Waals surface area (Å²) in [6.45, 7) is 7.40. The third-order valence-electron chi connectivity index (χ3n) is 1.85. The molecule has 0 fully saturated rings. The molecule has 0 aromatic heterocycles. The molecular formula is C14H14. The zero-order chi connectivity index (χ0) is 10.2. The number of rotatable bonds is 4. The zero-order valence-corrected chi connectivity index (χ0v) is 8.19. The van der Waals surface area contributed by atoms with Gasteiger partial charge in [-0.1, -0.05) is 73.9 Å². The van der Waals surface area contributed by atoms with E-state index in [9.17, 15) is 0 Å². The molecule has 0 N–H and O–H groups in total. The molecule has 0 unspecified atom stereocenters. The molecule has 0 spiro atoms. The van der Waals surface area contributed by atoms with E-state index in [0.717, 1.165) is 5.57 Å². The van der Waals surface area contributed by atoms with Gasteiger partial charge in [0.05, 0.1) is 0 Å². The number of benzene rings is 1. The van der Waals surface area contributed by atoms with Crippen molar-refractivity contribution in [3.63, 3.8) is 0 Å². The van der Waals surface area contributed by atoms with E-state index in [1.165, 1.54) is 5.56 Å². The second kappa shape index (κ2) is 5.76. The predicted octanol–water partition coefficient (Wildman–Crippen LogP) is 4.00. The van der Waals surface area contributed by atoms with Crippen LogP contribution in [0.25, 0.3) is 5.57 Å². The summed E-state index contributed by atoms with van der Waals surface area (Å²) in [4.78, 5) is 0. The van der Waals surface area contributed by atoms with Crippen molar-refractivity contribution >= 4 is 5.57 Å². The van der Waals surface area contributed by atoms with E-state index in [1.807, 2.05) is 42.5 Å². The molecule has 0 atom stereocenters. The second-order valence-corrected chi connectivity index (χ2v) is 2.81. The molecule has 0 nitrogen and oxygen atoms in total. The third kappa shape index (κ3) is 2.91. The molecule has 1 aromatic carbocycles. The van der Waals surface area contributed by atoms with Crippen LogP contribution >= 0.6 is 0 Å². The highest BCUT2D eigenvalue weighted by molar-refractivity contribution is 5.74. The molecule has 0 bridgehead atoms. The van der Waals surface area contributed by atoms with E-state index in [1.54, 1.807) is 6.08 Å². The van der Waals surface area contributed by atoms with Crippen LogP contribution in [-0.2, 0) is 0 Å². The van der Waals surface area contributed by atoms with Gasteiger partial charge in [-0.05, 0) is 11.1 Å². The Bertz CT molecular complexity index is 353. The van der Waals surface area contributed by atoms with Gasteiger partial charge >= 0.3 is 0 Å². The van der Waals surface area contributed by atoms with Crippen LogP contribution in [0.1, 0.15) is 5.56 Å². The van der Waals surface area contributed by atoms with E-state index < -0.39 is 0 Å². The lowest BCUT2D eigenvalue weighted by Crippen LogP contribution is -1.77. The molecular weight excluding hydrogens is 168 g/mol. The van der Waals surface area contributed by atoms with Crippen molar-refractivity contribution < 1.29 is 0 Å². The summed E-state index contributed by atoms with van der Waals surface area (Å²) < 4.78 is 0. The topological polar surface area (TPSA) is 0 Å². The maximum Gasteiger partial charge on any atom is -0.0184 e. The Balaban J connectivity index is 2.93. The number of allylic oxidation sites excluding steroid dienone is 6. The maximum atomic E-state index is 3.79. The lowest BCUT2D eigenvalue weighted by molar-refractivity contribution is 1.62. The Morgan fingerprint density at radius 1 is 1.00 bits per heavy atom. The Morgan fingerprint density at radius 2 is 1.71 bits per heavy atom. The molecule has 1 rings (SSSR count). The number of hydrogen-bond donors (Lipinski definition) is 0. The SMILES string of the molecule is C=C/C=C/C=C(\C=C)c1ccccc1. The van der Waals surface area contributed by atoms with Crippen LogP contribution < -0.4 is 0 Å². The van der Waals surface area contributed by atoms with Crippen LogP contribution in [0.4, 0.5) is 0 Å². The normalized spacial score (nSPS) is 11.6. The van der Waals surface area contributed by atoms with E-state index in [2.05, 4.69) is 25.3 Å². The first-order valence-electron chi connectivity index (χ1n) is 4.55. The Labute approximate surface area is 85.6 Å². The van der Waals surface area contributed by atoms with Gasteiger partial charge in [-0.25, -0.2) is 0 Å². The molecule has 0 aliphatic carbocycles. The van der Waals surface area contributed by atoms with Crippen LogP contribution in [0, 0.1) is 0 Å². The van der Waals surface area contributed by atoms with Crippen LogP contribution in [-0.4, -0.2) is 0 Å². The zero-order valence-electron chi connectivity index (χ0n) is 8.19. The molecule has 0 aliphatic heterocycles. The average Bonchev–Trinajstić information content (AvgIpc) is 2.26. The summed E-state index contributed by atoms with van der Waals surface area (Å²) in [6, 6.07) is 10.2. The standard InChI is InChI=1S/C14H14/c1-3-5-7-10-13(4-2)14-11-8-6-9-12-14/h3-12H,1-2H2/b7-5+,13-10+. The maximum absolute atomic E-state index is 3.79. The highest BCUT2D eigenvalue weighted by atomic mass is 14.0. The summed E-state index contributed by atoms with van der Waals surface area (Å²) >= 11 is 0. The first kappa shape index (κ1) is 10.3. The van der Waals surface area contributed by atoms with Crippen molar-refractivity contribution in [1.29, 1.82) is 0 Å². The summed E-state index contributed by atoms with van der Waals surface area (Å²) in [7, 11) is 0. The van der Waals surface area contributed by atoms with Crippen LogP contribution in [0.5, 0.6) is 0 Å². The van der Waals surface area contributed by atoms with E-state index in [-0.39, 0.29) is 0 Å². The molecule has 0 heterocycles. The van der Waals surface area contributed by atoms with Crippen molar-refractivity contribution in [2.45, 2.75) is 0 Å². The molecule has 0 saturated heterocycles. The first-order valence-corrected chi connectivity index (χ1v) is 4.55. The molecule has 0 heteroatoms. The van der Waals surface area contributed by atoms with Gasteiger partial charge in [-0.15, -0.1) is 0 Å². The molecule has 0 saturated carbocycles. The van der Waals surface area contributed by atoms with Crippen molar-refractivity contribution in [1.82, 2.24) is 0 Å². The molecule has 0 amide bonds. The van der Waals surface area contributed by atoms with Crippen LogP contribution in [0.2, 0.25) is 0 Å². The van der Waals surface area contributed by atoms with Gasteiger partial charge in [0.2, 0.25) is 0 Å². The van der Waals surface area contributed by atoms with Crippen LogP contribution in [0.15, 0.2) is 73.9 Å². The van der Waals surface area contributed by atoms with Crippen molar-refractivity contribution in [2.75, 3.05) is 0 Å². The fourth-order valence-electron chi connectivity index (χ4n) is 1.15. The van der Waals surface area contributed by atoms with Gasteiger partial charge in [0.1, 0.15) is 0 Å². The lowest BCUT2D eigenvalue weighted by atomic mass is 10.1. The molecule has 0 radical (unpaired) electrons. The molecule has 0 aliphatic rings. The van der Waals surface area contributed by atoms with Gasteiger partial charge in [0.15, 0.2) is 0 Å². The van der Waals surface area contributed by atoms with Crippen molar-refractivity contribution in [2.24, 2.45) is 0 Å². The van der Waals surface area contributed by atoms with Gasteiger partial charge in [0, 0.05) is 0 Å². The lowest BCUT2D eigenvalue weighted by Gasteiger charge is -1.99. The Kier molecular flexibility index (Phi) is 4.22. The second-order valence-electron chi connectivity index (χ2n) is 2.81. The minimum Gasteiger partial charge on any atom is -0.0991 e. The molecule has 70 valence electrons. The van der Waals surface area contributed by atoms with E-state index in [0.29, 0.717) is 0 Å². The van der Waals surface area contributed by atoms with E-state index >= 15 is 0 Å². The van der Waals surface area contributed by atoms with Gasteiger partial charge < -0.3 is 0 Å². The monoisotopic (exact) mass is 182 g/mol.